The van der Waals surface area contributed by atoms with Gasteiger partial charge in [0.15, 0.2) is 0 Å². The van der Waals surface area contributed by atoms with Gasteiger partial charge in [-0.25, -0.2) is 0 Å². The second kappa shape index (κ2) is 5.91. The minimum Gasteiger partial charge on any atom is -0.387 e. The first-order chi connectivity index (χ1) is 8.20. The fourth-order valence-electron chi connectivity index (χ4n) is 1.34. The van der Waals surface area contributed by atoms with E-state index in [-0.39, 0.29) is 12.5 Å². The summed E-state index contributed by atoms with van der Waals surface area (Å²) in [6, 6.07) is 4.84. The summed E-state index contributed by atoms with van der Waals surface area (Å²) in [6.45, 7) is 5.56. The van der Waals surface area contributed by atoms with E-state index < -0.39 is 11.5 Å². The third-order valence-corrected chi connectivity index (χ3v) is 2.84. The van der Waals surface area contributed by atoms with Gasteiger partial charge < -0.3 is 10.4 Å². The van der Waals surface area contributed by atoms with Crippen LogP contribution < -0.4 is 5.32 Å². The largest absolute Gasteiger partial charge is 0.387 e. The van der Waals surface area contributed by atoms with Crippen molar-refractivity contribution in [2.75, 3.05) is 6.54 Å². The van der Waals surface area contributed by atoms with Crippen LogP contribution in [0.1, 0.15) is 32.4 Å². The Bertz CT molecular complexity index is 421. The number of amides is 1. The smallest absolute Gasteiger partial charge is 0.225 e. The van der Waals surface area contributed by atoms with Crippen molar-refractivity contribution in [2.45, 2.75) is 26.9 Å². The highest BCUT2D eigenvalue weighted by atomic mass is 35.5. The third-order valence-electron chi connectivity index (χ3n) is 2.41. The number of carbonyl (C=O) groups excluding carboxylic acids is 1. The highest BCUT2D eigenvalue weighted by molar-refractivity contribution is 6.34. The van der Waals surface area contributed by atoms with Crippen LogP contribution in [0, 0.1) is 5.41 Å². The first-order valence-electron chi connectivity index (χ1n) is 5.62. The maximum Gasteiger partial charge on any atom is 0.225 e. The molecule has 0 aliphatic carbocycles. The molecule has 1 rings (SSSR count). The highest BCUT2D eigenvalue weighted by Gasteiger charge is 2.21. The normalized spacial score (nSPS) is 13.2. The summed E-state index contributed by atoms with van der Waals surface area (Å²) < 4.78 is 0. The lowest BCUT2D eigenvalue weighted by molar-refractivity contribution is -0.128. The van der Waals surface area contributed by atoms with Gasteiger partial charge in [-0.2, -0.15) is 0 Å². The SMILES string of the molecule is CC(C)(C)C(=O)NCC(O)c1cc(Cl)cc(Cl)c1. The number of rotatable bonds is 3. The molecule has 0 saturated carbocycles. The average Bonchev–Trinajstić information content (AvgIpc) is 2.22. The van der Waals surface area contributed by atoms with Crippen molar-refractivity contribution in [1.82, 2.24) is 5.32 Å². The zero-order valence-electron chi connectivity index (χ0n) is 10.6. The number of aliphatic hydroxyl groups excluding tert-OH is 1. The van der Waals surface area contributed by atoms with Crippen LogP contribution in [0.3, 0.4) is 0 Å². The molecule has 0 fully saturated rings. The Hall–Kier alpha value is -0.770. The molecule has 1 aromatic carbocycles. The molecule has 1 aromatic rings. The van der Waals surface area contributed by atoms with Crippen LogP contribution in [0.15, 0.2) is 18.2 Å². The second-order valence-corrected chi connectivity index (χ2v) is 6.05. The molecule has 1 unspecified atom stereocenters. The summed E-state index contributed by atoms with van der Waals surface area (Å²) in [5, 5.41) is 13.6. The van der Waals surface area contributed by atoms with E-state index in [9.17, 15) is 9.90 Å². The molecule has 1 atom stereocenters. The Morgan fingerprint density at radius 2 is 1.78 bits per heavy atom. The Kier molecular flexibility index (Phi) is 5.02. The number of benzene rings is 1. The zero-order chi connectivity index (χ0) is 13.9. The van der Waals surface area contributed by atoms with Crippen molar-refractivity contribution in [3.8, 4) is 0 Å². The van der Waals surface area contributed by atoms with Crippen LogP contribution in [-0.2, 0) is 4.79 Å². The van der Waals surface area contributed by atoms with E-state index in [4.69, 9.17) is 23.2 Å². The third kappa shape index (κ3) is 4.48. The second-order valence-electron chi connectivity index (χ2n) is 5.18. The van der Waals surface area contributed by atoms with Crippen molar-refractivity contribution >= 4 is 29.1 Å². The molecule has 0 aliphatic rings. The Balaban J connectivity index is 2.66. The van der Waals surface area contributed by atoms with Crippen LogP contribution >= 0.6 is 23.2 Å². The van der Waals surface area contributed by atoms with E-state index in [0.29, 0.717) is 15.6 Å². The molecule has 0 aromatic heterocycles. The maximum atomic E-state index is 11.7. The van der Waals surface area contributed by atoms with Gasteiger partial charge in [-0.15, -0.1) is 0 Å². The summed E-state index contributed by atoms with van der Waals surface area (Å²) in [6.07, 6.45) is -0.826. The number of carbonyl (C=O) groups is 1. The fraction of sp³-hybridized carbons (Fsp3) is 0.462. The molecule has 0 aliphatic heterocycles. The number of hydrogen-bond acceptors (Lipinski definition) is 2. The molecular weight excluding hydrogens is 273 g/mol. The number of halogens is 2. The number of nitrogens with one attached hydrogen (secondary N) is 1. The molecule has 18 heavy (non-hydrogen) atoms. The van der Waals surface area contributed by atoms with Gasteiger partial charge in [-0.1, -0.05) is 44.0 Å². The van der Waals surface area contributed by atoms with Crippen molar-refractivity contribution in [3.63, 3.8) is 0 Å². The molecular formula is C13H17Cl2NO2. The summed E-state index contributed by atoms with van der Waals surface area (Å²) in [5.74, 6) is -0.116. The van der Waals surface area contributed by atoms with Gasteiger partial charge >= 0.3 is 0 Å². The predicted molar refractivity (Wildman–Crippen MR) is 73.9 cm³/mol. The topological polar surface area (TPSA) is 49.3 Å². The molecule has 0 bridgehead atoms. The Labute approximate surface area is 117 Å². The van der Waals surface area contributed by atoms with Crippen LogP contribution in [0.4, 0.5) is 0 Å². The van der Waals surface area contributed by atoms with Gasteiger partial charge in [-0.3, -0.25) is 4.79 Å². The summed E-state index contributed by atoms with van der Waals surface area (Å²) in [4.78, 5) is 11.7. The van der Waals surface area contributed by atoms with Gasteiger partial charge in [0.05, 0.1) is 6.10 Å². The van der Waals surface area contributed by atoms with Crippen LogP contribution in [0.25, 0.3) is 0 Å². The van der Waals surface area contributed by atoms with Crippen LogP contribution in [-0.4, -0.2) is 17.6 Å². The Morgan fingerprint density at radius 1 is 1.28 bits per heavy atom. The zero-order valence-corrected chi connectivity index (χ0v) is 12.1. The summed E-state index contributed by atoms with van der Waals surface area (Å²) in [7, 11) is 0. The molecule has 100 valence electrons. The molecule has 3 nitrogen and oxygen atoms in total. The van der Waals surface area contributed by atoms with E-state index in [0.717, 1.165) is 0 Å². The lowest BCUT2D eigenvalue weighted by atomic mass is 9.95. The lowest BCUT2D eigenvalue weighted by Gasteiger charge is -2.19. The standard InChI is InChI=1S/C13H17Cl2NO2/c1-13(2,3)12(18)16-7-11(17)8-4-9(14)6-10(15)5-8/h4-6,11,17H,7H2,1-3H3,(H,16,18). The molecule has 0 radical (unpaired) electrons. The van der Waals surface area contributed by atoms with Gasteiger partial charge in [0, 0.05) is 22.0 Å². The van der Waals surface area contributed by atoms with E-state index in [1.54, 1.807) is 18.2 Å². The first kappa shape index (κ1) is 15.3. The van der Waals surface area contributed by atoms with Gasteiger partial charge in [-0.05, 0) is 23.8 Å². The highest BCUT2D eigenvalue weighted by Crippen LogP contribution is 2.23. The lowest BCUT2D eigenvalue weighted by Crippen LogP contribution is -2.37. The average molecular weight is 290 g/mol. The summed E-state index contributed by atoms with van der Waals surface area (Å²) in [5.41, 5.74) is 0.104. The summed E-state index contributed by atoms with van der Waals surface area (Å²) >= 11 is 11.7. The van der Waals surface area contributed by atoms with Crippen LogP contribution in [0.2, 0.25) is 10.0 Å². The van der Waals surface area contributed by atoms with Crippen molar-refractivity contribution in [3.05, 3.63) is 33.8 Å². The van der Waals surface area contributed by atoms with E-state index >= 15 is 0 Å². The van der Waals surface area contributed by atoms with Gasteiger partial charge in [0.25, 0.3) is 0 Å². The quantitative estimate of drug-likeness (QED) is 0.898. The molecule has 2 N–H and O–H groups in total. The van der Waals surface area contributed by atoms with E-state index in [1.807, 2.05) is 20.8 Å². The monoisotopic (exact) mass is 289 g/mol. The molecule has 0 heterocycles. The first-order valence-corrected chi connectivity index (χ1v) is 6.38. The predicted octanol–water partition coefficient (Wildman–Crippen LogP) is 3.19. The van der Waals surface area contributed by atoms with Crippen molar-refractivity contribution < 1.29 is 9.90 Å². The number of aliphatic hydroxyl groups is 1. The minimum atomic E-state index is -0.826. The molecule has 1 amide bonds. The molecule has 5 heteroatoms. The molecule has 0 saturated heterocycles. The van der Waals surface area contributed by atoms with Crippen LogP contribution in [0.5, 0.6) is 0 Å². The van der Waals surface area contributed by atoms with Gasteiger partial charge in [0.1, 0.15) is 0 Å². The maximum absolute atomic E-state index is 11.7. The number of hydrogen-bond donors (Lipinski definition) is 2. The van der Waals surface area contributed by atoms with E-state index in [1.165, 1.54) is 0 Å². The van der Waals surface area contributed by atoms with Crippen molar-refractivity contribution in [1.29, 1.82) is 0 Å². The molecule has 0 spiro atoms. The minimum absolute atomic E-state index is 0.116. The van der Waals surface area contributed by atoms with Crippen molar-refractivity contribution in [2.24, 2.45) is 5.41 Å². The van der Waals surface area contributed by atoms with Gasteiger partial charge in [0.2, 0.25) is 5.91 Å². The Morgan fingerprint density at radius 3 is 2.22 bits per heavy atom. The van der Waals surface area contributed by atoms with E-state index in [2.05, 4.69) is 5.32 Å². The fourth-order valence-corrected chi connectivity index (χ4v) is 1.88.